The van der Waals surface area contributed by atoms with Gasteiger partial charge in [-0.15, -0.1) is 5.10 Å². The number of hydrogen-bond donors (Lipinski definition) is 2. The SMILES string of the molecule is CC(C)n1nnc2cc(C(O)CN)ccc21. The van der Waals surface area contributed by atoms with Crippen LogP contribution < -0.4 is 5.73 Å². The third-order valence-electron chi connectivity index (χ3n) is 2.59. The standard InChI is InChI=1S/C11H16N4O/c1-7(2)15-10-4-3-8(11(16)6-12)5-9(10)13-14-15/h3-5,7,11,16H,6,12H2,1-2H3. The average Bonchev–Trinajstić information content (AvgIpc) is 2.70. The minimum atomic E-state index is -0.631. The van der Waals surface area contributed by atoms with Crippen LogP contribution in [0.4, 0.5) is 0 Å². The molecule has 2 rings (SSSR count). The van der Waals surface area contributed by atoms with E-state index in [2.05, 4.69) is 24.2 Å². The minimum Gasteiger partial charge on any atom is -0.387 e. The van der Waals surface area contributed by atoms with E-state index < -0.39 is 6.10 Å². The molecule has 0 bridgehead atoms. The van der Waals surface area contributed by atoms with E-state index in [0.29, 0.717) is 0 Å². The third kappa shape index (κ3) is 1.79. The maximum absolute atomic E-state index is 9.62. The van der Waals surface area contributed by atoms with Crippen LogP contribution in [-0.2, 0) is 0 Å². The van der Waals surface area contributed by atoms with Gasteiger partial charge >= 0.3 is 0 Å². The summed E-state index contributed by atoms with van der Waals surface area (Å²) >= 11 is 0. The molecule has 1 aromatic heterocycles. The predicted molar refractivity (Wildman–Crippen MR) is 61.9 cm³/mol. The number of nitrogens with zero attached hydrogens (tertiary/aromatic N) is 3. The Balaban J connectivity index is 2.49. The van der Waals surface area contributed by atoms with E-state index in [1.807, 2.05) is 22.9 Å². The first-order valence-electron chi connectivity index (χ1n) is 5.36. The van der Waals surface area contributed by atoms with Gasteiger partial charge < -0.3 is 10.8 Å². The van der Waals surface area contributed by atoms with E-state index in [1.54, 1.807) is 0 Å². The fourth-order valence-corrected chi connectivity index (χ4v) is 1.68. The highest BCUT2D eigenvalue weighted by Gasteiger charge is 2.10. The van der Waals surface area contributed by atoms with Gasteiger partial charge in [-0.05, 0) is 31.5 Å². The summed E-state index contributed by atoms with van der Waals surface area (Å²) in [4.78, 5) is 0. The largest absolute Gasteiger partial charge is 0.387 e. The summed E-state index contributed by atoms with van der Waals surface area (Å²) in [6.45, 7) is 4.32. The zero-order chi connectivity index (χ0) is 11.7. The lowest BCUT2D eigenvalue weighted by Crippen LogP contribution is -2.11. The maximum Gasteiger partial charge on any atom is 0.113 e. The molecule has 0 spiro atoms. The van der Waals surface area contributed by atoms with Crippen LogP contribution in [0.3, 0.4) is 0 Å². The normalized spacial score (nSPS) is 13.6. The van der Waals surface area contributed by atoms with E-state index >= 15 is 0 Å². The Labute approximate surface area is 93.9 Å². The van der Waals surface area contributed by atoms with Gasteiger partial charge in [0.15, 0.2) is 0 Å². The number of rotatable bonds is 3. The van der Waals surface area contributed by atoms with Gasteiger partial charge in [0, 0.05) is 12.6 Å². The Kier molecular flexibility index (Phi) is 2.89. The molecule has 0 saturated heterocycles. The van der Waals surface area contributed by atoms with Gasteiger partial charge in [-0.1, -0.05) is 11.3 Å². The van der Waals surface area contributed by atoms with Crippen LogP contribution in [-0.4, -0.2) is 26.6 Å². The number of aliphatic hydroxyl groups is 1. The smallest absolute Gasteiger partial charge is 0.113 e. The molecule has 0 radical (unpaired) electrons. The number of hydrogen-bond acceptors (Lipinski definition) is 4. The molecular weight excluding hydrogens is 204 g/mol. The van der Waals surface area contributed by atoms with Crippen molar-refractivity contribution < 1.29 is 5.11 Å². The topological polar surface area (TPSA) is 77.0 Å². The average molecular weight is 220 g/mol. The van der Waals surface area contributed by atoms with Crippen molar-refractivity contribution in [1.29, 1.82) is 0 Å². The molecule has 3 N–H and O–H groups in total. The second-order valence-electron chi connectivity index (χ2n) is 4.13. The summed E-state index contributed by atoms with van der Waals surface area (Å²) in [5.41, 5.74) is 7.96. The van der Waals surface area contributed by atoms with Crippen molar-refractivity contribution in [2.24, 2.45) is 5.73 Å². The van der Waals surface area contributed by atoms with Crippen LogP contribution in [0.25, 0.3) is 11.0 Å². The molecule has 86 valence electrons. The molecule has 16 heavy (non-hydrogen) atoms. The van der Waals surface area contributed by atoms with Gasteiger partial charge in [0.2, 0.25) is 0 Å². The minimum absolute atomic E-state index is 0.212. The Bertz CT molecular complexity index is 492. The number of aromatic nitrogens is 3. The van der Waals surface area contributed by atoms with Crippen LogP contribution in [0.5, 0.6) is 0 Å². The first kappa shape index (κ1) is 11.0. The summed E-state index contributed by atoms with van der Waals surface area (Å²) in [5.74, 6) is 0. The molecule has 1 aromatic carbocycles. The van der Waals surface area contributed by atoms with Crippen molar-refractivity contribution >= 4 is 11.0 Å². The first-order chi connectivity index (χ1) is 7.63. The first-order valence-corrected chi connectivity index (χ1v) is 5.36. The molecule has 0 saturated carbocycles. The molecule has 0 aliphatic heterocycles. The summed E-state index contributed by atoms with van der Waals surface area (Å²) in [5, 5.41) is 17.8. The summed E-state index contributed by atoms with van der Waals surface area (Å²) in [6.07, 6.45) is -0.631. The van der Waals surface area contributed by atoms with Gasteiger partial charge in [-0.3, -0.25) is 0 Å². The van der Waals surface area contributed by atoms with E-state index in [1.165, 1.54) is 0 Å². The Morgan fingerprint density at radius 2 is 2.19 bits per heavy atom. The molecule has 0 aliphatic rings. The number of fused-ring (bicyclic) bond motifs is 1. The van der Waals surface area contributed by atoms with E-state index in [9.17, 15) is 5.11 Å². The maximum atomic E-state index is 9.62. The van der Waals surface area contributed by atoms with Crippen LogP contribution in [0.15, 0.2) is 18.2 Å². The molecule has 0 amide bonds. The Hall–Kier alpha value is -1.46. The zero-order valence-electron chi connectivity index (χ0n) is 9.46. The highest BCUT2D eigenvalue weighted by molar-refractivity contribution is 5.75. The van der Waals surface area contributed by atoms with Crippen LogP contribution in [0.2, 0.25) is 0 Å². The van der Waals surface area contributed by atoms with E-state index in [4.69, 9.17) is 5.73 Å². The quantitative estimate of drug-likeness (QED) is 0.809. The van der Waals surface area contributed by atoms with Gasteiger partial charge in [0.05, 0.1) is 11.6 Å². The molecule has 1 unspecified atom stereocenters. The number of aliphatic hydroxyl groups excluding tert-OH is 1. The van der Waals surface area contributed by atoms with Crippen molar-refractivity contribution in [2.45, 2.75) is 26.0 Å². The molecule has 0 aliphatic carbocycles. The van der Waals surface area contributed by atoms with Gasteiger partial charge in [-0.25, -0.2) is 4.68 Å². The highest BCUT2D eigenvalue weighted by atomic mass is 16.3. The van der Waals surface area contributed by atoms with E-state index in [0.717, 1.165) is 16.6 Å². The van der Waals surface area contributed by atoms with Crippen molar-refractivity contribution in [3.05, 3.63) is 23.8 Å². The number of nitrogens with two attached hydrogens (primary N) is 1. The monoisotopic (exact) mass is 220 g/mol. The van der Waals surface area contributed by atoms with Crippen LogP contribution >= 0.6 is 0 Å². The molecule has 1 heterocycles. The van der Waals surface area contributed by atoms with Gasteiger partial charge in [0.25, 0.3) is 0 Å². The van der Waals surface area contributed by atoms with Crippen molar-refractivity contribution in [2.75, 3.05) is 6.54 Å². The molecule has 2 aromatic rings. The third-order valence-corrected chi connectivity index (χ3v) is 2.59. The lowest BCUT2D eigenvalue weighted by atomic mass is 10.1. The Morgan fingerprint density at radius 1 is 1.44 bits per heavy atom. The molecule has 5 nitrogen and oxygen atoms in total. The molecular formula is C11H16N4O. The zero-order valence-corrected chi connectivity index (χ0v) is 9.46. The second-order valence-corrected chi connectivity index (χ2v) is 4.13. The van der Waals surface area contributed by atoms with Crippen LogP contribution in [0, 0.1) is 0 Å². The van der Waals surface area contributed by atoms with Crippen molar-refractivity contribution in [1.82, 2.24) is 15.0 Å². The molecule has 5 heteroatoms. The van der Waals surface area contributed by atoms with Gasteiger partial charge in [-0.2, -0.15) is 0 Å². The highest BCUT2D eigenvalue weighted by Crippen LogP contribution is 2.20. The van der Waals surface area contributed by atoms with E-state index in [-0.39, 0.29) is 12.6 Å². The lowest BCUT2D eigenvalue weighted by molar-refractivity contribution is 0.187. The second kappa shape index (κ2) is 4.19. The lowest BCUT2D eigenvalue weighted by Gasteiger charge is -2.08. The summed E-state index contributed by atoms with van der Waals surface area (Å²) in [6, 6.07) is 5.89. The van der Waals surface area contributed by atoms with Crippen molar-refractivity contribution in [3.8, 4) is 0 Å². The van der Waals surface area contributed by atoms with Crippen molar-refractivity contribution in [3.63, 3.8) is 0 Å². The van der Waals surface area contributed by atoms with Crippen LogP contribution in [0.1, 0.15) is 31.6 Å². The summed E-state index contributed by atoms with van der Waals surface area (Å²) in [7, 11) is 0. The number of benzene rings is 1. The molecule has 1 atom stereocenters. The Morgan fingerprint density at radius 3 is 2.81 bits per heavy atom. The fraction of sp³-hybridized carbons (Fsp3) is 0.455. The fourth-order valence-electron chi connectivity index (χ4n) is 1.68. The van der Waals surface area contributed by atoms with Gasteiger partial charge in [0.1, 0.15) is 5.52 Å². The predicted octanol–water partition coefficient (Wildman–Crippen LogP) is 1.00. The molecule has 0 fully saturated rings. The summed E-state index contributed by atoms with van der Waals surface area (Å²) < 4.78 is 1.86.